The number of para-hydroxylation sites is 1. The van der Waals surface area contributed by atoms with Crippen LogP contribution in [0.4, 0.5) is 0 Å². The van der Waals surface area contributed by atoms with Gasteiger partial charge in [0, 0.05) is 31.1 Å². The quantitative estimate of drug-likeness (QED) is 0.876. The normalized spacial score (nSPS) is 18.9. The third-order valence-corrected chi connectivity index (χ3v) is 5.28. The van der Waals surface area contributed by atoms with Crippen LogP contribution in [0.1, 0.15) is 36.0 Å². The number of methoxy groups -OCH3 is 1. The number of nitrogens with one attached hydrogen (secondary N) is 1. The second-order valence-corrected chi connectivity index (χ2v) is 6.82. The minimum absolute atomic E-state index is 0.207. The van der Waals surface area contributed by atoms with E-state index in [-0.39, 0.29) is 5.75 Å². The van der Waals surface area contributed by atoms with E-state index < -0.39 is 0 Å². The predicted molar refractivity (Wildman–Crippen MR) is 93.6 cm³/mol. The summed E-state index contributed by atoms with van der Waals surface area (Å²) >= 11 is 0. The van der Waals surface area contributed by atoms with Gasteiger partial charge in [0.15, 0.2) is 11.5 Å². The minimum Gasteiger partial charge on any atom is -0.504 e. The van der Waals surface area contributed by atoms with Crippen molar-refractivity contribution < 1.29 is 9.84 Å². The molecule has 0 bridgehead atoms. The molecule has 0 saturated carbocycles. The lowest BCUT2D eigenvalue weighted by Crippen LogP contribution is -2.34. The first-order valence-electron chi connectivity index (χ1n) is 8.96. The third kappa shape index (κ3) is 3.21. The number of rotatable bonds is 4. The molecule has 1 aromatic carbocycles. The van der Waals surface area contributed by atoms with Crippen molar-refractivity contribution in [2.75, 3.05) is 26.7 Å². The molecule has 25 heavy (non-hydrogen) atoms. The van der Waals surface area contributed by atoms with Gasteiger partial charge in [-0.2, -0.15) is 0 Å². The van der Waals surface area contributed by atoms with Crippen molar-refractivity contribution in [3.8, 4) is 11.5 Å². The van der Waals surface area contributed by atoms with Gasteiger partial charge in [-0.1, -0.05) is 12.1 Å². The van der Waals surface area contributed by atoms with Crippen LogP contribution >= 0.6 is 0 Å². The van der Waals surface area contributed by atoms with Gasteiger partial charge in [-0.25, -0.2) is 0 Å². The first-order valence-corrected chi connectivity index (χ1v) is 8.96. The number of phenols is 1. The van der Waals surface area contributed by atoms with Gasteiger partial charge in [0.05, 0.1) is 13.7 Å². The molecule has 0 aliphatic carbocycles. The van der Waals surface area contributed by atoms with Crippen molar-refractivity contribution in [1.29, 1.82) is 0 Å². The van der Waals surface area contributed by atoms with E-state index in [2.05, 4.69) is 25.0 Å². The zero-order valence-corrected chi connectivity index (χ0v) is 14.6. The molecule has 1 saturated heterocycles. The summed E-state index contributed by atoms with van der Waals surface area (Å²) in [7, 11) is 1.61. The van der Waals surface area contributed by atoms with Crippen LogP contribution in [0.2, 0.25) is 0 Å². The number of phenolic OH excluding ortho intramolecular Hbond substituents is 1. The third-order valence-electron chi connectivity index (χ3n) is 5.28. The molecule has 1 fully saturated rings. The van der Waals surface area contributed by atoms with Gasteiger partial charge < -0.3 is 19.7 Å². The van der Waals surface area contributed by atoms with Gasteiger partial charge in [0.1, 0.15) is 11.6 Å². The molecule has 0 radical (unpaired) electrons. The molecule has 0 amide bonds. The number of aromatic nitrogens is 3. The molecule has 4 rings (SSSR count). The molecular weight excluding hydrogens is 318 g/mol. The van der Waals surface area contributed by atoms with Crippen LogP contribution in [-0.2, 0) is 19.6 Å². The highest BCUT2D eigenvalue weighted by molar-refractivity contribution is 5.45. The molecule has 7 heteroatoms. The van der Waals surface area contributed by atoms with E-state index in [9.17, 15) is 5.11 Å². The van der Waals surface area contributed by atoms with Gasteiger partial charge in [0.2, 0.25) is 0 Å². The molecule has 2 N–H and O–H groups in total. The van der Waals surface area contributed by atoms with Crippen LogP contribution in [0, 0.1) is 0 Å². The van der Waals surface area contributed by atoms with Gasteiger partial charge in [-0.15, -0.1) is 10.2 Å². The standard InChI is InChI=1S/C18H25N5O2/c1-25-17-14(3-2-4-15(17)24)12-22-8-5-13(6-9-22)18-21-20-16-11-19-7-10-23(16)18/h2-4,13,19,24H,5-12H2,1H3. The SMILES string of the molecule is COc1c(O)cccc1CN1CCC(c2nnc3n2CCNC3)CC1. The summed E-state index contributed by atoms with van der Waals surface area (Å²) < 4.78 is 7.66. The van der Waals surface area contributed by atoms with Crippen molar-refractivity contribution in [2.24, 2.45) is 0 Å². The minimum atomic E-state index is 0.207. The monoisotopic (exact) mass is 343 g/mol. The second kappa shape index (κ2) is 7.01. The molecule has 1 aromatic heterocycles. The Morgan fingerprint density at radius 1 is 1.24 bits per heavy atom. The first-order chi connectivity index (χ1) is 12.3. The Bertz CT molecular complexity index is 737. The van der Waals surface area contributed by atoms with E-state index in [0.717, 1.165) is 69.3 Å². The zero-order chi connectivity index (χ0) is 17.2. The van der Waals surface area contributed by atoms with Crippen LogP contribution in [0.25, 0.3) is 0 Å². The predicted octanol–water partition coefficient (Wildman–Crippen LogP) is 1.48. The average Bonchev–Trinajstić information content (AvgIpc) is 3.07. The first kappa shape index (κ1) is 16.4. The highest BCUT2D eigenvalue weighted by atomic mass is 16.5. The number of aromatic hydroxyl groups is 1. The Labute approximate surface area is 147 Å². The fourth-order valence-corrected chi connectivity index (χ4v) is 3.94. The fourth-order valence-electron chi connectivity index (χ4n) is 3.94. The Morgan fingerprint density at radius 2 is 2.08 bits per heavy atom. The molecule has 134 valence electrons. The van der Waals surface area contributed by atoms with Gasteiger partial charge >= 0.3 is 0 Å². The van der Waals surface area contributed by atoms with Crippen LogP contribution in [-0.4, -0.2) is 51.5 Å². The van der Waals surface area contributed by atoms with Crippen molar-refractivity contribution in [3.63, 3.8) is 0 Å². The molecule has 0 spiro atoms. The topological polar surface area (TPSA) is 75.4 Å². The summed E-state index contributed by atoms with van der Waals surface area (Å²) in [6.45, 7) is 5.62. The lowest BCUT2D eigenvalue weighted by atomic mass is 9.95. The maximum Gasteiger partial charge on any atom is 0.164 e. The summed E-state index contributed by atoms with van der Waals surface area (Å²) in [6.07, 6.45) is 2.18. The number of hydrogen-bond donors (Lipinski definition) is 2. The number of nitrogens with zero attached hydrogens (tertiary/aromatic N) is 4. The molecular formula is C18H25N5O2. The largest absolute Gasteiger partial charge is 0.504 e. The number of piperidine rings is 1. The average molecular weight is 343 g/mol. The number of fused-ring (bicyclic) bond motifs is 1. The number of ether oxygens (including phenoxy) is 1. The molecule has 0 atom stereocenters. The summed E-state index contributed by atoms with van der Waals surface area (Å²) in [6, 6.07) is 5.56. The molecule has 7 nitrogen and oxygen atoms in total. The summed E-state index contributed by atoms with van der Waals surface area (Å²) in [5, 5.41) is 22.1. The van der Waals surface area contributed by atoms with Crippen molar-refractivity contribution >= 4 is 0 Å². The van der Waals surface area contributed by atoms with Crippen molar-refractivity contribution in [1.82, 2.24) is 25.0 Å². The number of likely N-dealkylation sites (tertiary alicyclic amines) is 1. The molecule has 3 heterocycles. The van der Waals surface area contributed by atoms with E-state index in [4.69, 9.17) is 4.74 Å². The van der Waals surface area contributed by atoms with E-state index in [1.165, 1.54) is 0 Å². The van der Waals surface area contributed by atoms with Gasteiger partial charge in [-0.3, -0.25) is 4.90 Å². The molecule has 0 unspecified atom stereocenters. The molecule has 2 aromatic rings. The smallest absolute Gasteiger partial charge is 0.164 e. The fraction of sp³-hybridized carbons (Fsp3) is 0.556. The highest BCUT2D eigenvalue weighted by Crippen LogP contribution is 2.33. The number of hydrogen-bond acceptors (Lipinski definition) is 6. The van der Waals surface area contributed by atoms with Crippen molar-refractivity contribution in [3.05, 3.63) is 35.4 Å². The Hall–Kier alpha value is -2.12. The maximum atomic E-state index is 9.93. The lowest BCUT2D eigenvalue weighted by molar-refractivity contribution is 0.197. The van der Waals surface area contributed by atoms with Crippen LogP contribution in [0.3, 0.4) is 0 Å². The Balaban J connectivity index is 1.41. The number of benzene rings is 1. The van der Waals surface area contributed by atoms with E-state index in [1.54, 1.807) is 13.2 Å². The molecule has 2 aliphatic heterocycles. The Morgan fingerprint density at radius 3 is 2.88 bits per heavy atom. The van der Waals surface area contributed by atoms with Gasteiger partial charge in [-0.05, 0) is 32.0 Å². The van der Waals surface area contributed by atoms with Crippen LogP contribution in [0.15, 0.2) is 18.2 Å². The van der Waals surface area contributed by atoms with E-state index >= 15 is 0 Å². The van der Waals surface area contributed by atoms with Crippen LogP contribution < -0.4 is 10.1 Å². The van der Waals surface area contributed by atoms with Crippen LogP contribution in [0.5, 0.6) is 11.5 Å². The summed E-state index contributed by atoms with van der Waals surface area (Å²) in [5.41, 5.74) is 1.03. The Kier molecular flexibility index (Phi) is 4.59. The van der Waals surface area contributed by atoms with E-state index in [0.29, 0.717) is 11.7 Å². The summed E-state index contributed by atoms with van der Waals surface area (Å²) in [5.74, 6) is 3.50. The van der Waals surface area contributed by atoms with Gasteiger partial charge in [0.25, 0.3) is 0 Å². The highest BCUT2D eigenvalue weighted by Gasteiger charge is 2.27. The summed E-state index contributed by atoms with van der Waals surface area (Å²) in [4.78, 5) is 2.42. The lowest BCUT2D eigenvalue weighted by Gasteiger charge is -2.32. The second-order valence-electron chi connectivity index (χ2n) is 6.82. The zero-order valence-electron chi connectivity index (χ0n) is 14.6. The maximum absolute atomic E-state index is 9.93. The van der Waals surface area contributed by atoms with E-state index in [1.807, 2.05) is 12.1 Å². The van der Waals surface area contributed by atoms with Crippen molar-refractivity contribution in [2.45, 2.75) is 38.4 Å². The molecule has 2 aliphatic rings.